The zero-order valence-corrected chi connectivity index (χ0v) is 10.7. The molecule has 0 amide bonds. The number of nitrogen functional groups attached to an aromatic ring is 1. The van der Waals surface area contributed by atoms with Gasteiger partial charge in [0.05, 0.1) is 19.3 Å². The van der Waals surface area contributed by atoms with Gasteiger partial charge in [-0.3, -0.25) is 4.79 Å². The molecule has 1 aromatic carbocycles. The van der Waals surface area contributed by atoms with Gasteiger partial charge < -0.3 is 20.1 Å². The van der Waals surface area contributed by atoms with Gasteiger partial charge >= 0.3 is 5.97 Å². The first-order valence-electron chi connectivity index (χ1n) is 6.02. The monoisotopic (exact) mass is 250 g/mol. The van der Waals surface area contributed by atoms with Gasteiger partial charge in [0, 0.05) is 5.69 Å². The SMILES string of the molecule is CCC1CN(CC(=O)OC)c2cc(N)ccc2O1. The van der Waals surface area contributed by atoms with Crippen LogP contribution in [-0.4, -0.2) is 32.3 Å². The lowest BCUT2D eigenvalue weighted by atomic mass is 10.1. The lowest BCUT2D eigenvalue weighted by Crippen LogP contribution is -2.42. The molecule has 0 aromatic heterocycles. The van der Waals surface area contributed by atoms with Gasteiger partial charge in [0.1, 0.15) is 18.4 Å². The Bertz CT molecular complexity index is 448. The van der Waals surface area contributed by atoms with Gasteiger partial charge in [-0.05, 0) is 24.6 Å². The largest absolute Gasteiger partial charge is 0.486 e. The molecule has 0 radical (unpaired) electrons. The first-order chi connectivity index (χ1) is 8.63. The van der Waals surface area contributed by atoms with Crippen LogP contribution in [0.5, 0.6) is 5.75 Å². The molecule has 2 N–H and O–H groups in total. The van der Waals surface area contributed by atoms with Crippen LogP contribution in [0.15, 0.2) is 18.2 Å². The van der Waals surface area contributed by atoms with Crippen molar-refractivity contribution in [3.8, 4) is 5.75 Å². The number of nitrogens with two attached hydrogens (primary N) is 1. The van der Waals surface area contributed by atoms with E-state index in [0.29, 0.717) is 12.2 Å². The van der Waals surface area contributed by atoms with Crippen LogP contribution < -0.4 is 15.4 Å². The maximum absolute atomic E-state index is 11.4. The molecular weight excluding hydrogens is 232 g/mol. The van der Waals surface area contributed by atoms with E-state index in [1.807, 2.05) is 17.0 Å². The molecule has 0 bridgehead atoms. The van der Waals surface area contributed by atoms with Crippen LogP contribution in [0.4, 0.5) is 11.4 Å². The number of rotatable bonds is 3. The number of carbonyl (C=O) groups excluding carboxylic acids is 1. The fourth-order valence-electron chi connectivity index (χ4n) is 2.02. The van der Waals surface area contributed by atoms with E-state index < -0.39 is 0 Å². The van der Waals surface area contributed by atoms with Gasteiger partial charge in [0.2, 0.25) is 0 Å². The van der Waals surface area contributed by atoms with Crippen LogP contribution in [0.3, 0.4) is 0 Å². The Morgan fingerprint density at radius 3 is 3.06 bits per heavy atom. The quantitative estimate of drug-likeness (QED) is 0.649. The molecule has 5 nitrogen and oxygen atoms in total. The topological polar surface area (TPSA) is 64.8 Å². The summed E-state index contributed by atoms with van der Waals surface area (Å²) in [6.45, 7) is 2.94. The molecule has 18 heavy (non-hydrogen) atoms. The summed E-state index contributed by atoms with van der Waals surface area (Å²) in [5.41, 5.74) is 7.28. The van der Waals surface area contributed by atoms with E-state index in [2.05, 4.69) is 6.92 Å². The van der Waals surface area contributed by atoms with E-state index in [4.69, 9.17) is 15.2 Å². The van der Waals surface area contributed by atoms with Crippen LogP contribution in [0.1, 0.15) is 13.3 Å². The summed E-state index contributed by atoms with van der Waals surface area (Å²) < 4.78 is 10.5. The molecule has 0 saturated carbocycles. The molecule has 98 valence electrons. The molecule has 0 spiro atoms. The first-order valence-corrected chi connectivity index (χ1v) is 6.02. The lowest BCUT2D eigenvalue weighted by Gasteiger charge is -2.35. The van der Waals surface area contributed by atoms with Crippen LogP contribution in [0.2, 0.25) is 0 Å². The highest BCUT2D eigenvalue weighted by Gasteiger charge is 2.26. The molecule has 5 heteroatoms. The Kier molecular flexibility index (Phi) is 3.60. The summed E-state index contributed by atoms with van der Waals surface area (Å²) in [6, 6.07) is 5.47. The molecule has 1 aromatic rings. The van der Waals surface area contributed by atoms with Gasteiger partial charge in [-0.1, -0.05) is 6.92 Å². The van der Waals surface area contributed by atoms with Crippen molar-refractivity contribution in [1.82, 2.24) is 0 Å². The van der Waals surface area contributed by atoms with Crippen molar-refractivity contribution >= 4 is 17.3 Å². The Hall–Kier alpha value is -1.91. The number of fused-ring (bicyclic) bond motifs is 1. The van der Waals surface area contributed by atoms with Crippen LogP contribution in [0, 0.1) is 0 Å². The van der Waals surface area contributed by atoms with Crippen molar-refractivity contribution in [3.05, 3.63) is 18.2 Å². The molecular formula is C13H18N2O3. The van der Waals surface area contributed by atoms with Crippen LogP contribution in [0.25, 0.3) is 0 Å². The van der Waals surface area contributed by atoms with Crippen molar-refractivity contribution in [2.75, 3.05) is 30.8 Å². The maximum Gasteiger partial charge on any atom is 0.325 e. The number of hydrogen-bond donors (Lipinski definition) is 1. The third-order valence-corrected chi connectivity index (χ3v) is 3.04. The van der Waals surface area contributed by atoms with Crippen molar-refractivity contribution < 1.29 is 14.3 Å². The Morgan fingerprint density at radius 2 is 2.39 bits per heavy atom. The number of methoxy groups -OCH3 is 1. The van der Waals surface area contributed by atoms with Crippen molar-refractivity contribution in [2.45, 2.75) is 19.4 Å². The molecule has 1 atom stereocenters. The Morgan fingerprint density at radius 1 is 1.61 bits per heavy atom. The second-order valence-corrected chi connectivity index (χ2v) is 4.33. The minimum Gasteiger partial charge on any atom is -0.486 e. The summed E-state index contributed by atoms with van der Waals surface area (Å²) in [7, 11) is 1.39. The predicted molar refractivity (Wildman–Crippen MR) is 69.8 cm³/mol. The summed E-state index contributed by atoms with van der Waals surface area (Å²) in [5.74, 6) is 0.506. The van der Waals surface area contributed by atoms with E-state index in [1.165, 1.54) is 7.11 Å². The first kappa shape index (κ1) is 12.5. The molecule has 1 aliphatic heterocycles. The fourth-order valence-corrected chi connectivity index (χ4v) is 2.02. The summed E-state index contributed by atoms with van der Waals surface area (Å²) in [4.78, 5) is 13.4. The normalized spacial score (nSPS) is 17.9. The number of ether oxygens (including phenoxy) is 2. The summed E-state index contributed by atoms with van der Waals surface area (Å²) in [6.07, 6.45) is 0.979. The smallest absolute Gasteiger partial charge is 0.325 e. The fraction of sp³-hybridized carbons (Fsp3) is 0.462. The highest BCUT2D eigenvalue weighted by atomic mass is 16.5. The second kappa shape index (κ2) is 5.16. The van der Waals surface area contributed by atoms with Crippen molar-refractivity contribution in [3.63, 3.8) is 0 Å². The van der Waals surface area contributed by atoms with Gasteiger partial charge in [-0.25, -0.2) is 0 Å². The van der Waals surface area contributed by atoms with E-state index >= 15 is 0 Å². The standard InChI is InChI=1S/C13H18N2O3/c1-3-10-7-15(8-13(16)17-2)11-6-9(14)4-5-12(11)18-10/h4-6,10H,3,7-8,14H2,1-2H3. The number of anilines is 2. The Labute approximate surface area is 106 Å². The zero-order chi connectivity index (χ0) is 13.1. The second-order valence-electron chi connectivity index (χ2n) is 4.33. The molecule has 1 unspecified atom stereocenters. The molecule has 0 fully saturated rings. The number of esters is 1. The highest BCUT2D eigenvalue weighted by molar-refractivity contribution is 5.78. The van der Waals surface area contributed by atoms with Crippen molar-refractivity contribution in [2.24, 2.45) is 0 Å². The maximum atomic E-state index is 11.4. The van der Waals surface area contributed by atoms with Gasteiger partial charge in [0.15, 0.2) is 0 Å². The number of carbonyl (C=O) groups is 1. The Balaban J connectivity index is 2.28. The number of nitrogens with zero attached hydrogens (tertiary/aromatic N) is 1. The summed E-state index contributed by atoms with van der Waals surface area (Å²) >= 11 is 0. The third-order valence-electron chi connectivity index (χ3n) is 3.04. The van der Waals surface area contributed by atoms with E-state index in [9.17, 15) is 4.79 Å². The average Bonchev–Trinajstić information content (AvgIpc) is 2.38. The van der Waals surface area contributed by atoms with Gasteiger partial charge in [-0.15, -0.1) is 0 Å². The average molecular weight is 250 g/mol. The number of hydrogen-bond acceptors (Lipinski definition) is 5. The summed E-state index contributed by atoms with van der Waals surface area (Å²) in [5, 5.41) is 0. The van der Waals surface area contributed by atoms with E-state index in [-0.39, 0.29) is 18.6 Å². The van der Waals surface area contributed by atoms with Crippen LogP contribution in [-0.2, 0) is 9.53 Å². The van der Waals surface area contributed by atoms with Crippen molar-refractivity contribution in [1.29, 1.82) is 0 Å². The van der Waals surface area contributed by atoms with E-state index in [0.717, 1.165) is 17.9 Å². The minimum absolute atomic E-state index is 0.0887. The zero-order valence-electron chi connectivity index (χ0n) is 10.7. The van der Waals surface area contributed by atoms with Gasteiger partial charge in [0.25, 0.3) is 0 Å². The lowest BCUT2D eigenvalue weighted by molar-refractivity contribution is -0.139. The molecule has 1 aliphatic rings. The molecule has 1 heterocycles. The molecule has 0 saturated heterocycles. The van der Waals surface area contributed by atoms with E-state index in [1.54, 1.807) is 6.07 Å². The van der Waals surface area contributed by atoms with Crippen LogP contribution >= 0.6 is 0 Å². The third kappa shape index (κ3) is 2.50. The molecule has 0 aliphatic carbocycles. The number of benzene rings is 1. The predicted octanol–water partition coefficient (Wildman–Crippen LogP) is 1.42. The molecule has 2 rings (SSSR count). The minimum atomic E-state index is -0.264. The highest BCUT2D eigenvalue weighted by Crippen LogP contribution is 2.35. The van der Waals surface area contributed by atoms with Gasteiger partial charge in [-0.2, -0.15) is 0 Å².